The molecule has 1 aromatic heterocycles. The molecule has 2 aromatic carbocycles. The summed E-state index contributed by atoms with van der Waals surface area (Å²) in [6, 6.07) is 10.5. The number of fused-ring (bicyclic) bond motifs is 1. The number of methoxy groups -OCH3 is 2. The lowest BCUT2D eigenvalue weighted by atomic mass is 10.1. The minimum atomic E-state index is -0.421. The van der Waals surface area contributed by atoms with Gasteiger partial charge in [0.2, 0.25) is 0 Å². The number of ether oxygens (including phenoxy) is 2. The van der Waals surface area contributed by atoms with E-state index in [2.05, 4.69) is 5.32 Å². The molecular weight excluding hydrogens is 324 g/mol. The van der Waals surface area contributed by atoms with Crippen LogP contribution >= 0.6 is 0 Å². The van der Waals surface area contributed by atoms with Crippen LogP contribution in [0.3, 0.4) is 0 Å². The molecular formula is C18H18N2O5. The number of amides is 1. The van der Waals surface area contributed by atoms with Gasteiger partial charge >= 0.3 is 5.76 Å². The third-order valence-electron chi connectivity index (χ3n) is 3.96. The second-order valence-corrected chi connectivity index (χ2v) is 5.45. The van der Waals surface area contributed by atoms with Gasteiger partial charge in [0.1, 0.15) is 17.1 Å². The Balaban J connectivity index is 1.82. The van der Waals surface area contributed by atoms with E-state index in [-0.39, 0.29) is 12.5 Å². The number of hydrogen-bond donors (Lipinski definition) is 1. The minimum Gasteiger partial charge on any atom is -0.496 e. The van der Waals surface area contributed by atoms with Crippen LogP contribution in [0.25, 0.3) is 11.1 Å². The summed E-state index contributed by atoms with van der Waals surface area (Å²) >= 11 is 0. The van der Waals surface area contributed by atoms with Gasteiger partial charge in [0.15, 0.2) is 5.58 Å². The van der Waals surface area contributed by atoms with Crippen molar-refractivity contribution in [1.29, 1.82) is 0 Å². The number of aromatic nitrogens is 1. The van der Waals surface area contributed by atoms with E-state index >= 15 is 0 Å². The molecule has 0 fully saturated rings. The molecule has 0 aliphatic heterocycles. The Kier molecular flexibility index (Phi) is 4.47. The summed E-state index contributed by atoms with van der Waals surface area (Å²) in [4.78, 5) is 24.1. The Bertz CT molecular complexity index is 965. The number of nitrogens with zero attached hydrogens (tertiary/aromatic N) is 1. The maximum Gasteiger partial charge on any atom is 0.419 e. The molecule has 1 amide bonds. The predicted molar refractivity (Wildman–Crippen MR) is 92.2 cm³/mol. The molecule has 0 aliphatic rings. The second-order valence-electron chi connectivity index (χ2n) is 5.45. The number of hydrogen-bond acceptors (Lipinski definition) is 5. The van der Waals surface area contributed by atoms with Crippen LogP contribution in [0.15, 0.2) is 45.6 Å². The van der Waals surface area contributed by atoms with Gasteiger partial charge in [-0.3, -0.25) is 9.36 Å². The Morgan fingerprint density at radius 2 is 1.84 bits per heavy atom. The molecule has 0 saturated heterocycles. The molecule has 1 heterocycles. The van der Waals surface area contributed by atoms with Gasteiger partial charge in [-0.15, -0.1) is 0 Å². The summed E-state index contributed by atoms with van der Waals surface area (Å²) < 4.78 is 17.1. The molecule has 1 N–H and O–H groups in total. The highest BCUT2D eigenvalue weighted by Crippen LogP contribution is 2.28. The highest BCUT2D eigenvalue weighted by Gasteiger charge is 2.18. The van der Waals surface area contributed by atoms with Crippen LogP contribution in [0.5, 0.6) is 11.5 Å². The number of carbonyl (C=O) groups is 1. The maximum absolute atomic E-state index is 12.6. The smallest absolute Gasteiger partial charge is 0.419 e. The van der Waals surface area contributed by atoms with Gasteiger partial charge in [0.25, 0.3) is 5.91 Å². The lowest BCUT2D eigenvalue weighted by Gasteiger charge is -2.13. The monoisotopic (exact) mass is 342 g/mol. The molecule has 0 bridgehead atoms. The van der Waals surface area contributed by atoms with Gasteiger partial charge < -0.3 is 19.2 Å². The van der Waals surface area contributed by atoms with Crippen LogP contribution in [-0.4, -0.2) is 24.7 Å². The zero-order valence-electron chi connectivity index (χ0n) is 14.2. The summed E-state index contributed by atoms with van der Waals surface area (Å²) in [5.74, 6) is 0.126. The van der Waals surface area contributed by atoms with Crippen LogP contribution in [-0.2, 0) is 13.6 Å². The SMILES string of the molecule is COc1cccc(OC)c1C(=O)NCc1ccc2c(c1)oc(=O)n2C. The number of nitrogens with one attached hydrogen (secondary N) is 1. The Hall–Kier alpha value is -3.22. The standard InChI is InChI=1S/C18H18N2O5/c1-20-12-8-7-11(9-15(12)25-18(20)22)10-19-17(21)16-13(23-2)5-4-6-14(16)24-3/h4-9H,10H2,1-3H3,(H,19,21). The summed E-state index contributed by atoms with van der Waals surface area (Å²) in [7, 11) is 4.64. The zero-order valence-corrected chi connectivity index (χ0v) is 14.2. The van der Waals surface area contributed by atoms with E-state index in [1.54, 1.807) is 37.4 Å². The number of benzene rings is 2. The number of carbonyl (C=O) groups excluding carboxylic acids is 1. The summed E-state index contributed by atoms with van der Waals surface area (Å²) in [5.41, 5.74) is 2.32. The van der Waals surface area contributed by atoms with Gasteiger partial charge in [-0.1, -0.05) is 12.1 Å². The molecule has 0 radical (unpaired) electrons. The van der Waals surface area contributed by atoms with E-state index in [9.17, 15) is 9.59 Å². The third kappa shape index (κ3) is 3.08. The van der Waals surface area contributed by atoms with Crippen molar-refractivity contribution in [2.75, 3.05) is 14.2 Å². The Morgan fingerprint density at radius 3 is 2.48 bits per heavy atom. The van der Waals surface area contributed by atoms with Crippen LogP contribution in [0.2, 0.25) is 0 Å². The summed E-state index contributed by atoms with van der Waals surface area (Å²) in [6.45, 7) is 0.272. The van der Waals surface area contributed by atoms with Crippen LogP contribution in [0.1, 0.15) is 15.9 Å². The van der Waals surface area contributed by atoms with Gasteiger partial charge in [-0.2, -0.15) is 0 Å². The number of rotatable bonds is 5. The van der Waals surface area contributed by atoms with Crippen LogP contribution in [0.4, 0.5) is 0 Å². The normalized spacial score (nSPS) is 10.7. The molecule has 7 nitrogen and oxygen atoms in total. The van der Waals surface area contributed by atoms with Crippen molar-refractivity contribution in [3.8, 4) is 11.5 Å². The largest absolute Gasteiger partial charge is 0.496 e. The molecule has 0 atom stereocenters. The average Bonchev–Trinajstić information content (AvgIpc) is 2.92. The first-order valence-corrected chi connectivity index (χ1v) is 7.62. The third-order valence-corrected chi connectivity index (χ3v) is 3.96. The number of oxazole rings is 1. The topological polar surface area (TPSA) is 82.7 Å². The first-order valence-electron chi connectivity index (χ1n) is 7.62. The van der Waals surface area contributed by atoms with Crippen molar-refractivity contribution in [1.82, 2.24) is 9.88 Å². The molecule has 0 aliphatic carbocycles. The fourth-order valence-corrected chi connectivity index (χ4v) is 2.63. The maximum atomic E-state index is 12.6. The highest BCUT2D eigenvalue weighted by atomic mass is 16.5. The molecule has 7 heteroatoms. The second kappa shape index (κ2) is 6.72. The molecule has 0 spiro atoms. The quantitative estimate of drug-likeness (QED) is 0.767. The van der Waals surface area contributed by atoms with Crippen molar-refractivity contribution in [3.63, 3.8) is 0 Å². The zero-order chi connectivity index (χ0) is 18.0. The molecule has 3 aromatic rings. The van der Waals surface area contributed by atoms with Gasteiger partial charge in [0, 0.05) is 13.6 Å². The van der Waals surface area contributed by atoms with Gasteiger partial charge in [-0.25, -0.2) is 4.79 Å². The lowest BCUT2D eigenvalue weighted by molar-refractivity contribution is 0.0944. The lowest BCUT2D eigenvalue weighted by Crippen LogP contribution is -2.24. The molecule has 0 unspecified atom stereocenters. The van der Waals surface area contributed by atoms with Crippen molar-refractivity contribution in [2.45, 2.75) is 6.54 Å². The van der Waals surface area contributed by atoms with E-state index in [1.165, 1.54) is 18.8 Å². The minimum absolute atomic E-state index is 0.272. The fraction of sp³-hybridized carbons (Fsp3) is 0.222. The van der Waals surface area contributed by atoms with E-state index in [1.807, 2.05) is 6.07 Å². The number of aryl methyl sites for hydroxylation is 1. The first kappa shape index (κ1) is 16.6. The van der Waals surface area contributed by atoms with Gasteiger partial charge in [-0.05, 0) is 29.8 Å². The van der Waals surface area contributed by atoms with E-state index < -0.39 is 5.76 Å². The average molecular weight is 342 g/mol. The highest BCUT2D eigenvalue weighted by molar-refractivity contribution is 5.99. The van der Waals surface area contributed by atoms with E-state index in [0.717, 1.165) is 5.56 Å². The Morgan fingerprint density at radius 1 is 1.16 bits per heavy atom. The first-order chi connectivity index (χ1) is 12.0. The molecule has 25 heavy (non-hydrogen) atoms. The molecule has 3 rings (SSSR count). The molecule has 0 saturated carbocycles. The molecule has 130 valence electrons. The Labute approximate surface area is 143 Å². The summed E-state index contributed by atoms with van der Waals surface area (Å²) in [5, 5.41) is 2.83. The summed E-state index contributed by atoms with van der Waals surface area (Å²) in [6.07, 6.45) is 0. The van der Waals surface area contributed by atoms with Crippen LogP contribution in [0, 0.1) is 0 Å². The predicted octanol–water partition coefficient (Wildman–Crippen LogP) is 2.08. The van der Waals surface area contributed by atoms with Crippen LogP contribution < -0.4 is 20.5 Å². The van der Waals surface area contributed by atoms with Crippen molar-refractivity contribution in [2.24, 2.45) is 7.05 Å². The van der Waals surface area contributed by atoms with Gasteiger partial charge in [0.05, 0.1) is 19.7 Å². The van der Waals surface area contributed by atoms with Crippen molar-refractivity contribution in [3.05, 3.63) is 58.1 Å². The van der Waals surface area contributed by atoms with Crippen molar-refractivity contribution < 1.29 is 18.7 Å². The van der Waals surface area contributed by atoms with E-state index in [0.29, 0.717) is 28.2 Å². The van der Waals surface area contributed by atoms with Crippen molar-refractivity contribution >= 4 is 17.0 Å². The van der Waals surface area contributed by atoms with E-state index in [4.69, 9.17) is 13.9 Å². The fourth-order valence-electron chi connectivity index (χ4n) is 2.63.